The van der Waals surface area contributed by atoms with Gasteiger partial charge in [-0.05, 0) is 38.1 Å². The van der Waals surface area contributed by atoms with Crippen LogP contribution < -0.4 is 14.8 Å². The largest absolute Gasteiger partial charge is 0.435 e. The molecule has 4 atom stereocenters. The van der Waals surface area contributed by atoms with Crippen molar-refractivity contribution < 1.29 is 37.3 Å². The van der Waals surface area contributed by atoms with E-state index < -0.39 is 43.8 Å². The first-order chi connectivity index (χ1) is 19.0. The molecule has 0 amide bonds. The molecular formula is C25H26F2N5O6PS. The van der Waals surface area contributed by atoms with Gasteiger partial charge in [0.2, 0.25) is 0 Å². The van der Waals surface area contributed by atoms with Gasteiger partial charge in [0.15, 0.2) is 23.3 Å². The summed E-state index contributed by atoms with van der Waals surface area (Å²) >= 11 is 5.61. The molecule has 40 heavy (non-hydrogen) atoms. The fourth-order valence-electron chi connectivity index (χ4n) is 4.19. The van der Waals surface area contributed by atoms with Crippen molar-refractivity contribution in [3.8, 4) is 11.5 Å². The van der Waals surface area contributed by atoms with Crippen LogP contribution in [0, 0.1) is 13.8 Å². The van der Waals surface area contributed by atoms with Gasteiger partial charge in [0.25, 0.3) is 6.43 Å². The van der Waals surface area contributed by atoms with Crippen LogP contribution in [0.4, 0.5) is 14.6 Å². The van der Waals surface area contributed by atoms with Crippen LogP contribution in [-0.2, 0) is 21.1 Å². The molecule has 3 heterocycles. The van der Waals surface area contributed by atoms with E-state index in [2.05, 4.69) is 15.0 Å². The monoisotopic (exact) mass is 593 g/mol. The van der Waals surface area contributed by atoms with E-state index in [1.165, 1.54) is 17.2 Å². The number of aromatic nitrogens is 4. The van der Waals surface area contributed by atoms with Gasteiger partial charge in [0, 0.05) is 11.8 Å². The van der Waals surface area contributed by atoms with Crippen molar-refractivity contribution in [2.45, 2.75) is 44.3 Å². The molecule has 1 saturated heterocycles. The molecule has 0 radical (unpaired) electrons. The Morgan fingerprint density at radius 1 is 1.02 bits per heavy atom. The number of ether oxygens (including phenoxy) is 1. The lowest BCUT2D eigenvalue weighted by Crippen LogP contribution is -2.52. The molecule has 0 saturated carbocycles. The maximum atomic E-state index is 14.7. The van der Waals surface area contributed by atoms with Gasteiger partial charge in [-0.15, -0.1) is 0 Å². The summed E-state index contributed by atoms with van der Waals surface area (Å²) in [6.45, 7) is -1.04. The smallest absolute Gasteiger partial charge is 0.416 e. The van der Waals surface area contributed by atoms with E-state index in [-0.39, 0.29) is 17.0 Å². The number of hydrogen-bond donors (Lipinski definition) is 3. The average molecular weight is 594 g/mol. The molecule has 5 rings (SSSR count). The van der Waals surface area contributed by atoms with Crippen LogP contribution in [0.2, 0.25) is 0 Å². The van der Waals surface area contributed by atoms with E-state index >= 15 is 0 Å². The second-order valence-electron chi connectivity index (χ2n) is 9.31. The summed E-state index contributed by atoms with van der Waals surface area (Å²) in [5, 5.41) is 21.7. The molecule has 4 aromatic rings. The van der Waals surface area contributed by atoms with Gasteiger partial charge >= 0.3 is 6.72 Å². The first kappa shape index (κ1) is 28.3. The van der Waals surface area contributed by atoms with Crippen LogP contribution in [0.5, 0.6) is 11.5 Å². The van der Waals surface area contributed by atoms with E-state index in [9.17, 15) is 19.0 Å². The topological polar surface area (TPSA) is 147 Å². The van der Waals surface area contributed by atoms with Gasteiger partial charge in [-0.2, -0.15) is 0 Å². The number of aliphatic hydroxyl groups is 2. The Hall–Kier alpha value is -3.26. The highest BCUT2D eigenvalue weighted by atomic mass is 32.5. The number of anilines is 1. The number of alkyl halides is 2. The zero-order chi connectivity index (χ0) is 28.7. The molecular weight excluding hydrogens is 567 g/mol. The van der Waals surface area contributed by atoms with Crippen LogP contribution in [0.1, 0.15) is 17.4 Å². The third-order valence-electron chi connectivity index (χ3n) is 6.42. The lowest BCUT2D eigenvalue weighted by molar-refractivity contribution is -0.191. The molecule has 0 aliphatic carbocycles. The van der Waals surface area contributed by atoms with E-state index in [1.54, 1.807) is 48.5 Å². The molecule has 1 aliphatic heterocycles. The minimum Gasteiger partial charge on any atom is -0.416 e. The fraction of sp³-hybridized carbons (Fsp3) is 0.320. The summed E-state index contributed by atoms with van der Waals surface area (Å²) in [4.78, 5) is 11.9. The molecule has 2 aromatic heterocycles. The Bertz CT molecular complexity index is 1490. The molecule has 212 valence electrons. The lowest BCUT2D eigenvalue weighted by atomic mass is 9.96. The van der Waals surface area contributed by atoms with Crippen LogP contribution in [0.25, 0.3) is 11.2 Å². The summed E-state index contributed by atoms with van der Waals surface area (Å²) in [6.07, 6.45) is -6.41. The number of benzene rings is 2. The first-order valence-corrected chi connectivity index (χ1v) is 14.6. The molecule has 0 bridgehead atoms. The van der Waals surface area contributed by atoms with Crippen molar-refractivity contribution in [2.24, 2.45) is 0 Å². The standard InChI is InChI=1S/C25H26F2N5O6PS/c1-14-3-7-16(8-4-14)37-39(40,38-17-9-5-15(2)6-10-17)35-11-25(24(26)27)20(34)19(33)23(36-25)32-13-31-22-18(32)21(28)29-12-30-22/h3-10,12-13,19-20,23-24,33-34H,11H2,1-2H3,(H2,28,29,30)/t19-,20+,23-,25-/m1/s1. The van der Waals surface area contributed by atoms with Crippen molar-refractivity contribution in [1.82, 2.24) is 19.5 Å². The van der Waals surface area contributed by atoms with Gasteiger partial charge in [-0.1, -0.05) is 35.4 Å². The highest BCUT2D eigenvalue weighted by molar-refractivity contribution is 8.07. The van der Waals surface area contributed by atoms with E-state index in [4.69, 9.17) is 35.8 Å². The second-order valence-corrected chi connectivity index (χ2v) is 12.2. The average Bonchev–Trinajstić information content (AvgIpc) is 3.46. The summed E-state index contributed by atoms with van der Waals surface area (Å²) in [5.74, 6) is 0.559. The van der Waals surface area contributed by atoms with E-state index in [1.807, 2.05) is 13.8 Å². The van der Waals surface area contributed by atoms with Gasteiger partial charge in [-0.3, -0.25) is 9.09 Å². The maximum absolute atomic E-state index is 14.7. The van der Waals surface area contributed by atoms with Crippen molar-refractivity contribution in [3.63, 3.8) is 0 Å². The molecule has 2 aromatic carbocycles. The lowest BCUT2D eigenvalue weighted by Gasteiger charge is -2.33. The quantitative estimate of drug-likeness (QED) is 0.244. The summed E-state index contributed by atoms with van der Waals surface area (Å²) in [6, 6.07) is 13.6. The zero-order valence-corrected chi connectivity index (χ0v) is 23.0. The van der Waals surface area contributed by atoms with Crippen molar-refractivity contribution >= 4 is 35.5 Å². The third-order valence-corrected chi connectivity index (χ3v) is 8.50. The number of nitrogens with zero attached hydrogens (tertiary/aromatic N) is 4. The van der Waals surface area contributed by atoms with Crippen LogP contribution in [-0.4, -0.2) is 60.6 Å². The van der Waals surface area contributed by atoms with Crippen LogP contribution in [0.3, 0.4) is 0 Å². The van der Waals surface area contributed by atoms with Crippen molar-refractivity contribution in [3.05, 3.63) is 72.3 Å². The number of imidazole rings is 1. The number of nitrogens with two attached hydrogens (primary N) is 1. The van der Waals surface area contributed by atoms with Gasteiger partial charge in [-0.25, -0.2) is 23.7 Å². The zero-order valence-electron chi connectivity index (χ0n) is 21.3. The first-order valence-electron chi connectivity index (χ1n) is 12.0. The van der Waals surface area contributed by atoms with Crippen molar-refractivity contribution in [1.29, 1.82) is 0 Å². The Morgan fingerprint density at radius 2 is 1.60 bits per heavy atom. The predicted molar refractivity (Wildman–Crippen MR) is 144 cm³/mol. The predicted octanol–water partition coefficient (Wildman–Crippen LogP) is 3.68. The molecule has 1 aliphatic rings. The van der Waals surface area contributed by atoms with Crippen LogP contribution in [0.15, 0.2) is 61.2 Å². The Labute approximate surface area is 232 Å². The Morgan fingerprint density at radius 3 is 2.15 bits per heavy atom. The van der Waals surface area contributed by atoms with Crippen LogP contribution >= 0.6 is 6.72 Å². The highest BCUT2D eigenvalue weighted by Gasteiger charge is 2.61. The fourth-order valence-corrected chi connectivity index (χ4v) is 6.13. The number of rotatable bonds is 9. The van der Waals surface area contributed by atoms with Gasteiger partial charge in [0.05, 0.1) is 6.61 Å². The summed E-state index contributed by atoms with van der Waals surface area (Å²) in [7, 11) is 0. The number of hydrogen-bond acceptors (Lipinski definition) is 11. The number of aliphatic hydroxyl groups excluding tert-OH is 2. The summed E-state index contributed by atoms with van der Waals surface area (Å²) < 4.78 is 53.8. The normalized spacial score (nSPS) is 23.1. The highest BCUT2D eigenvalue weighted by Crippen LogP contribution is 2.53. The second kappa shape index (κ2) is 11.0. The van der Waals surface area contributed by atoms with Gasteiger partial charge in [0.1, 0.15) is 41.9 Å². The van der Waals surface area contributed by atoms with Crippen molar-refractivity contribution in [2.75, 3.05) is 12.3 Å². The number of fused-ring (bicyclic) bond motifs is 1. The Kier molecular flexibility index (Phi) is 7.75. The molecule has 4 N–H and O–H groups in total. The summed E-state index contributed by atoms with van der Waals surface area (Å²) in [5.41, 5.74) is 5.41. The molecule has 15 heteroatoms. The third kappa shape index (κ3) is 5.38. The maximum Gasteiger partial charge on any atom is 0.435 e. The minimum absolute atomic E-state index is 0.0212. The number of halogens is 2. The number of nitrogen functional groups attached to an aromatic ring is 1. The molecule has 0 spiro atoms. The Balaban J connectivity index is 1.45. The minimum atomic E-state index is -3.83. The molecule has 0 unspecified atom stereocenters. The van der Waals surface area contributed by atoms with E-state index in [0.717, 1.165) is 11.1 Å². The SMILES string of the molecule is Cc1ccc(OP(=S)(OC[C@@]2(C(F)F)O[C@@H](n3cnc4ncnc(N)c43)[C@H](O)[C@@H]2O)Oc2ccc(C)cc2)cc1. The van der Waals surface area contributed by atoms with Gasteiger partial charge < -0.3 is 29.7 Å². The molecule has 1 fully saturated rings. The number of aryl methyl sites for hydroxylation is 2. The molecule has 11 nitrogen and oxygen atoms in total. The van der Waals surface area contributed by atoms with E-state index in [0.29, 0.717) is 11.5 Å².